The van der Waals surface area contributed by atoms with Gasteiger partial charge in [0.05, 0.1) is 0 Å². The van der Waals surface area contributed by atoms with Crippen LogP contribution in [-0.4, -0.2) is 18.6 Å². The highest BCUT2D eigenvalue weighted by molar-refractivity contribution is 5.21. The van der Waals surface area contributed by atoms with Crippen LogP contribution in [0.25, 0.3) is 0 Å². The number of benzene rings is 1. The lowest BCUT2D eigenvalue weighted by molar-refractivity contribution is 0.308. The maximum absolute atomic E-state index is 13.2. The molecule has 17 heavy (non-hydrogen) atoms. The van der Waals surface area contributed by atoms with Gasteiger partial charge in [0, 0.05) is 18.1 Å². The Kier molecular flexibility index (Phi) is 4.13. The molecule has 1 aliphatic rings. The summed E-state index contributed by atoms with van der Waals surface area (Å²) in [7, 11) is 0. The molecule has 1 saturated heterocycles. The molecule has 1 aliphatic heterocycles. The smallest absolute Gasteiger partial charge is 0.123 e. The number of rotatable bonds is 3. The zero-order valence-electron chi connectivity index (χ0n) is 10.5. The Morgan fingerprint density at radius 2 is 2.24 bits per heavy atom. The second kappa shape index (κ2) is 5.61. The van der Waals surface area contributed by atoms with Gasteiger partial charge in [-0.05, 0) is 37.1 Å². The molecule has 1 heterocycles. The summed E-state index contributed by atoms with van der Waals surface area (Å²) in [4.78, 5) is 0. The monoisotopic (exact) mass is 236 g/mol. The van der Waals surface area contributed by atoms with Gasteiger partial charge in [-0.3, -0.25) is 0 Å². The van der Waals surface area contributed by atoms with Crippen LogP contribution in [0, 0.1) is 5.82 Å². The van der Waals surface area contributed by atoms with Gasteiger partial charge in [-0.1, -0.05) is 26.0 Å². The number of piperidine rings is 1. The standard InChI is InChI=1S/C14H21FN2/c1-10(2)17-13-6-7-16-14(9-13)11-4-3-5-12(15)8-11/h3-5,8,10,13-14,16-17H,6-7,9H2,1-2H3/t13-,14+/m1/s1. The van der Waals surface area contributed by atoms with Crippen LogP contribution < -0.4 is 10.6 Å². The fourth-order valence-corrected chi connectivity index (χ4v) is 2.52. The van der Waals surface area contributed by atoms with E-state index >= 15 is 0 Å². The Labute approximate surface area is 103 Å². The first-order valence-electron chi connectivity index (χ1n) is 6.40. The van der Waals surface area contributed by atoms with Crippen LogP contribution in [0.5, 0.6) is 0 Å². The average molecular weight is 236 g/mol. The number of halogens is 1. The minimum absolute atomic E-state index is 0.150. The fourth-order valence-electron chi connectivity index (χ4n) is 2.52. The summed E-state index contributed by atoms with van der Waals surface area (Å²) in [6, 6.07) is 8.22. The van der Waals surface area contributed by atoms with Gasteiger partial charge in [-0.15, -0.1) is 0 Å². The molecule has 0 spiro atoms. The fraction of sp³-hybridized carbons (Fsp3) is 0.571. The van der Waals surface area contributed by atoms with Gasteiger partial charge in [0.2, 0.25) is 0 Å². The lowest BCUT2D eigenvalue weighted by Crippen LogP contribution is -2.44. The third-order valence-electron chi connectivity index (χ3n) is 3.22. The maximum Gasteiger partial charge on any atom is 0.123 e. The summed E-state index contributed by atoms with van der Waals surface area (Å²) in [6.07, 6.45) is 2.17. The Hall–Kier alpha value is -0.930. The maximum atomic E-state index is 13.2. The zero-order valence-corrected chi connectivity index (χ0v) is 10.5. The van der Waals surface area contributed by atoms with Crippen LogP contribution in [0.1, 0.15) is 38.3 Å². The van der Waals surface area contributed by atoms with E-state index in [1.807, 2.05) is 6.07 Å². The predicted octanol–water partition coefficient (Wildman–Crippen LogP) is 2.62. The normalized spacial score (nSPS) is 25.2. The quantitative estimate of drug-likeness (QED) is 0.843. The third kappa shape index (κ3) is 3.51. The summed E-state index contributed by atoms with van der Waals surface area (Å²) < 4.78 is 13.2. The van der Waals surface area contributed by atoms with Gasteiger partial charge >= 0.3 is 0 Å². The molecule has 0 saturated carbocycles. The van der Waals surface area contributed by atoms with Crippen molar-refractivity contribution in [3.05, 3.63) is 35.6 Å². The molecule has 94 valence electrons. The molecule has 0 radical (unpaired) electrons. The second-order valence-electron chi connectivity index (χ2n) is 5.10. The number of nitrogens with one attached hydrogen (secondary N) is 2. The molecule has 0 amide bonds. The summed E-state index contributed by atoms with van der Waals surface area (Å²) >= 11 is 0. The van der Waals surface area contributed by atoms with Crippen LogP contribution in [0.3, 0.4) is 0 Å². The van der Waals surface area contributed by atoms with Gasteiger partial charge in [0.25, 0.3) is 0 Å². The molecule has 1 fully saturated rings. The number of hydrogen-bond acceptors (Lipinski definition) is 2. The van der Waals surface area contributed by atoms with Crippen LogP contribution in [0.4, 0.5) is 4.39 Å². The van der Waals surface area contributed by atoms with Crippen LogP contribution in [0.15, 0.2) is 24.3 Å². The topological polar surface area (TPSA) is 24.1 Å². The van der Waals surface area contributed by atoms with E-state index in [0.717, 1.165) is 24.9 Å². The lowest BCUT2D eigenvalue weighted by atomic mass is 9.93. The minimum Gasteiger partial charge on any atom is -0.312 e. The Morgan fingerprint density at radius 1 is 1.41 bits per heavy atom. The van der Waals surface area contributed by atoms with Crippen molar-refractivity contribution in [2.24, 2.45) is 0 Å². The molecule has 0 bridgehead atoms. The van der Waals surface area contributed by atoms with Crippen molar-refractivity contribution in [2.75, 3.05) is 6.54 Å². The van der Waals surface area contributed by atoms with Gasteiger partial charge in [-0.25, -0.2) is 4.39 Å². The summed E-state index contributed by atoms with van der Waals surface area (Å²) in [5.74, 6) is -0.150. The molecule has 2 atom stereocenters. The summed E-state index contributed by atoms with van der Waals surface area (Å²) in [6.45, 7) is 5.32. The van der Waals surface area contributed by atoms with E-state index in [-0.39, 0.29) is 11.9 Å². The highest BCUT2D eigenvalue weighted by Crippen LogP contribution is 2.23. The second-order valence-corrected chi connectivity index (χ2v) is 5.10. The van der Waals surface area contributed by atoms with E-state index in [2.05, 4.69) is 24.5 Å². The van der Waals surface area contributed by atoms with E-state index in [9.17, 15) is 4.39 Å². The van der Waals surface area contributed by atoms with Crippen LogP contribution in [0.2, 0.25) is 0 Å². The molecule has 2 nitrogen and oxygen atoms in total. The van der Waals surface area contributed by atoms with Crippen molar-refractivity contribution in [1.29, 1.82) is 0 Å². The molecule has 1 aromatic carbocycles. The van der Waals surface area contributed by atoms with Gasteiger partial charge in [0.15, 0.2) is 0 Å². The minimum atomic E-state index is -0.150. The molecule has 0 aliphatic carbocycles. The van der Waals surface area contributed by atoms with E-state index in [1.165, 1.54) is 6.07 Å². The zero-order chi connectivity index (χ0) is 12.3. The number of hydrogen-bond donors (Lipinski definition) is 2. The van der Waals surface area contributed by atoms with E-state index in [0.29, 0.717) is 12.1 Å². The average Bonchev–Trinajstić information content (AvgIpc) is 2.28. The summed E-state index contributed by atoms with van der Waals surface area (Å²) in [5.41, 5.74) is 1.06. The van der Waals surface area contributed by atoms with E-state index in [1.54, 1.807) is 12.1 Å². The van der Waals surface area contributed by atoms with Crippen LogP contribution >= 0.6 is 0 Å². The highest BCUT2D eigenvalue weighted by Gasteiger charge is 2.22. The first kappa shape index (κ1) is 12.5. The molecular formula is C14H21FN2. The molecule has 3 heteroatoms. The van der Waals surface area contributed by atoms with Crippen molar-refractivity contribution in [3.8, 4) is 0 Å². The molecule has 0 aromatic heterocycles. The first-order valence-corrected chi connectivity index (χ1v) is 6.40. The Balaban J connectivity index is 2.02. The van der Waals surface area contributed by atoms with Gasteiger partial charge < -0.3 is 10.6 Å². The molecule has 0 unspecified atom stereocenters. The summed E-state index contributed by atoms with van der Waals surface area (Å²) in [5, 5.41) is 7.02. The van der Waals surface area contributed by atoms with E-state index < -0.39 is 0 Å². The Bertz CT molecular complexity index is 365. The predicted molar refractivity (Wildman–Crippen MR) is 68.4 cm³/mol. The van der Waals surface area contributed by atoms with Crippen molar-refractivity contribution >= 4 is 0 Å². The lowest BCUT2D eigenvalue weighted by Gasteiger charge is -2.32. The highest BCUT2D eigenvalue weighted by atomic mass is 19.1. The Morgan fingerprint density at radius 3 is 2.94 bits per heavy atom. The van der Waals surface area contributed by atoms with Crippen molar-refractivity contribution in [3.63, 3.8) is 0 Å². The third-order valence-corrected chi connectivity index (χ3v) is 3.22. The molecule has 2 N–H and O–H groups in total. The van der Waals surface area contributed by atoms with Gasteiger partial charge in [0.1, 0.15) is 5.82 Å². The van der Waals surface area contributed by atoms with E-state index in [4.69, 9.17) is 0 Å². The molecule has 2 rings (SSSR count). The molecule has 1 aromatic rings. The van der Waals surface area contributed by atoms with Crippen LogP contribution in [-0.2, 0) is 0 Å². The van der Waals surface area contributed by atoms with Gasteiger partial charge in [-0.2, -0.15) is 0 Å². The molecular weight excluding hydrogens is 215 g/mol. The van der Waals surface area contributed by atoms with Crippen molar-refractivity contribution in [2.45, 2.75) is 44.8 Å². The van der Waals surface area contributed by atoms with Crippen molar-refractivity contribution in [1.82, 2.24) is 10.6 Å². The SMILES string of the molecule is CC(C)N[C@@H]1CCN[C@H](c2cccc(F)c2)C1. The largest absolute Gasteiger partial charge is 0.312 e. The van der Waals surface area contributed by atoms with Crippen molar-refractivity contribution < 1.29 is 4.39 Å². The first-order chi connectivity index (χ1) is 8.15.